The highest BCUT2D eigenvalue weighted by atomic mass is 16.5. The lowest BCUT2D eigenvalue weighted by molar-refractivity contribution is 0.0495. The highest BCUT2D eigenvalue weighted by Gasteiger charge is 2.22. The highest BCUT2D eigenvalue weighted by Crippen LogP contribution is 2.26. The smallest absolute Gasteiger partial charge is 0.251 e. The monoisotopic (exact) mass is 223 g/mol. The second-order valence-corrected chi connectivity index (χ2v) is 4.26. The molecule has 0 aliphatic carbocycles. The molecule has 0 bridgehead atoms. The predicted molar refractivity (Wildman–Crippen MR) is 59.0 cm³/mol. The fraction of sp³-hybridized carbons (Fsp3) is 0.636. The lowest BCUT2D eigenvalue weighted by Crippen LogP contribution is -2.24. The molecule has 88 valence electrons. The second-order valence-electron chi connectivity index (χ2n) is 4.26. The molecule has 1 aliphatic heterocycles. The normalized spacial score (nSPS) is 19.6. The molecule has 5 nitrogen and oxygen atoms in total. The molecule has 1 atom stereocenters. The van der Waals surface area contributed by atoms with Crippen molar-refractivity contribution in [3.63, 3.8) is 0 Å². The van der Waals surface area contributed by atoms with Gasteiger partial charge in [0.25, 0.3) is 5.91 Å². The SMILES string of the molecule is CC(C1CCOCC1)n1cc(C(N)=O)cn1. The Morgan fingerprint density at radius 3 is 2.88 bits per heavy atom. The summed E-state index contributed by atoms with van der Waals surface area (Å²) in [6.07, 6.45) is 5.35. The van der Waals surface area contributed by atoms with E-state index in [1.165, 1.54) is 6.20 Å². The molecular weight excluding hydrogens is 206 g/mol. The average molecular weight is 223 g/mol. The maximum atomic E-state index is 11.0. The van der Waals surface area contributed by atoms with Gasteiger partial charge in [0.05, 0.1) is 17.8 Å². The van der Waals surface area contributed by atoms with E-state index in [9.17, 15) is 4.79 Å². The maximum absolute atomic E-state index is 11.0. The van der Waals surface area contributed by atoms with Crippen LogP contribution < -0.4 is 5.73 Å². The van der Waals surface area contributed by atoms with Crippen LogP contribution in [0.4, 0.5) is 0 Å². The van der Waals surface area contributed by atoms with Crippen LogP contribution in [-0.2, 0) is 4.74 Å². The van der Waals surface area contributed by atoms with Gasteiger partial charge in [0, 0.05) is 19.4 Å². The van der Waals surface area contributed by atoms with Crippen LogP contribution in [0.25, 0.3) is 0 Å². The van der Waals surface area contributed by atoms with Gasteiger partial charge in [-0.05, 0) is 25.7 Å². The first-order valence-electron chi connectivity index (χ1n) is 5.60. The molecule has 0 saturated carbocycles. The van der Waals surface area contributed by atoms with Crippen molar-refractivity contribution in [3.8, 4) is 0 Å². The van der Waals surface area contributed by atoms with Crippen molar-refractivity contribution in [1.29, 1.82) is 0 Å². The molecule has 2 heterocycles. The molecule has 1 saturated heterocycles. The molecule has 1 aliphatic rings. The van der Waals surface area contributed by atoms with Crippen LogP contribution in [-0.4, -0.2) is 28.9 Å². The van der Waals surface area contributed by atoms with E-state index in [0.29, 0.717) is 11.5 Å². The minimum absolute atomic E-state index is 0.289. The number of carbonyl (C=O) groups is 1. The summed E-state index contributed by atoms with van der Waals surface area (Å²) >= 11 is 0. The molecule has 0 aromatic carbocycles. The summed E-state index contributed by atoms with van der Waals surface area (Å²) in [7, 11) is 0. The number of amides is 1. The number of aromatic nitrogens is 2. The lowest BCUT2D eigenvalue weighted by Gasteiger charge is -2.27. The zero-order chi connectivity index (χ0) is 11.5. The molecule has 2 rings (SSSR count). The first-order chi connectivity index (χ1) is 7.68. The fourth-order valence-corrected chi connectivity index (χ4v) is 2.10. The topological polar surface area (TPSA) is 70.1 Å². The van der Waals surface area contributed by atoms with E-state index in [2.05, 4.69) is 12.0 Å². The van der Waals surface area contributed by atoms with Gasteiger partial charge in [0.2, 0.25) is 0 Å². The van der Waals surface area contributed by atoms with Gasteiger partial charge in [0.1, 0.15) is 0 Å². The summed E-state index contributed by atoms with van der Waals surface area (Å²) < 4.78 is 7.15. The minimum Gasteiger partial charge on any atom is -0.381 e. The van der Waals surface area contributed by atoms with Gasteiger partial charge >= 0.3 is 0 Å². The Bertz CT molecular complexity index is 369. The molecule has 2 N–H and O–H groups in total. The van der Waals surface area contributed by atoms with E-state index >= 15 is 0 Å². The van der Waals surface area contributed by atoms with E-state index in [1.54, 1.807) is 6.20 Å². The molecule has 1 amide bonds. The van der Waals surface area contributed by atoms with Crippen molar-refractivity contribution in [2.24, 2.45) is 11.7 Å². The Balaban J connectivity index is 2.07. The number of primary amides is 1. The number of carbonyl (C=O) groups excluding carboxylic acids is 1. The van der Waals surface area contributed by atoms with E-state index in [-0.39, 0.29) is 6.04 Å². The van der Waals surface area contributed by atoms with Crippen LogP contribution in [0.15, 0.2) is 12.4 Å². The maximum Gasteiger partial charge on any atom is 0.251 e. The molecule has 0 radical (unpaired) electrons. The number of hydrogen-bond acceptors (Lipinski definition) is 3. The predicted octanol–water partition coefficient (Wildman–Crippen LogP) is 0.970. The Hall–Kier alpha value is -1.36. The number of hydrogen-bond donors (Lipinski definition) is 1. The molecule has 1 aromatic heterocycles. The van der Waals surface area contributed by atoms with Crippen LogP contribution >= 0.6 is 0 Å². The molecule has 1 aromatic rings. The van der Waals surface area contributed by atoms with Gasteiger partial charge in [0.15, 0.2) is 0 Å². The first kappa shape index (κ1) is 11.1. The lowest BCUT2D eigenvalue weighted by atomic mass is 9.93. The van der Waals surface area contributed by atoms with E-state index in [0.717, 1.165) is 26.1 Å². The summed E-state index contributed by atoms with van der Waals surface area (Å²) in [4.78, 5) is 11.0. The summed E-state index contributed by atoms with van der Waals surface area (Å²) in [5, 5.41) is 4.19. The van der Waals surface area contributed by atoms with Gasteiger partial charge in [-0.3, -0.25) is 9.48 Å². The van der Waals surface area contributed by atoms with Crippen molar-refractivity contribution in [1.82, 2.24) is 9.78 Å². The highest BCUT2D eigenvalue weighted by molar-refractivity contribution is 5.92. The molecule has 0 spiro atoms. The van der Waals surface area contributed by atoms with E-state index < -0.39 is 5.91 Å². The van der Waals surface area contributed by atoms with Gasteiger partial charge in [-0.15, -0.1) is 0 Å². The first-order valence-corrected chi connectivity index (χ1v) is 5.60. The summed E-state index contributed by atoms with van der Waals surface area (Å²) in [6.45, 7) is 3.76. The Morgan fingerprint density at radius 2 is 2.31 bits per heavy atom. The van der Waals surface area contributed by atoms with E-state index in [1.807, 2.05) is 4.68 Å². The molecule has 1 fully saturated rings. The number of nitrogens with zero attached hydrogens (tertiary/aromatic N) is 2. The van der Waals surface area contributed by atoms with Gasteiger partial charge < -0.3 is 10.5 Å². The van der Waals surface area contributed by atoms with Crippen LogP contribution in [0.5, 0.6) is 0 Å². The average Bonchev–Trinajstić information content (AvgIpc) is 2.78. The van der Waals surface area contributed by atoms with Crippen molar-refractivity contribution in [2.75, 3.05) is 13.2 Å². The minimum atomic E-state index is -0.426. The fourth-order valence-electron chi connectivity index (χ4n) is 2.10. The largest absolute Gasteiger partial charge is 0.381 e. The molecule has 16 heavy (non-hydrogen) atoms. The van der Waals surface area contributed by atoms with Crippen LogP contribution in [0.2, 0.25) is 0 Å². The quantitative estimate of drug-likeness (QED) is 0.830. The Labute approximate surface area is 94.6 Å². The number of rotatable bonds is 3. The summed E-state index contributed by atoms with van der Waals surface area (Å²) in [5.74, 6) is 0.139. The third kappa shape index (κ3) is 2.24. The number of ether oxygens (including phenoxy) is 1. The van der Waals surface area contributed by atoms with Gasteiger partial charge in [-0.1, -0.05) is 0 Å². The van der Waals surface area contributed by atoms with E-state index in [4.69, 9.17) is 10.5 Å². The van der Waals surface area contributed by atoms with Gasteiger partial charge in [-0.2, -0.15) is 5.10 Å². The zero-order valence-electron chi connectivity index (χ0n) is 9.43. The Morgan fingerprint density at radius 1 is 1.62 bits per heavy atom. The number of nitrogens with two attached hydrogens (primary N) is 1. The van der Waals surface area contributed by atoms with Crippen molar-refractivity contribution >= 4 is 5.91 Å². The standard InChI is InChI=1S/C11H17N3O2/c1-8(9-2-4-16-5-3-9)14-7-10(6-13-14)11(12)15/h6-9H,2-5H2,1H3,(H2,12,15). The van der Waals surface area contributed by atoms with Gasteiger partial charge in [-0.25, -0.2) is 0 Å². The van der Waals surface area contributed by atoms with Crippen molar-refractivity contribution in [3.05, 3.63) is 18.0 Å². The molecular formula is C11H17N3O2. The van der Waals surface area contributed by atoms with Crippen LogP contribution in [0, 0.1) is 5.92 Å². The molecule has 1 unspecified atom stereocenters. The van der Waals surface area contributed by atoms with Crippen LogP contribution in [0.1, 0.15) is 36.2 Å². The Kier molecular flexibility index (Phi) is 3.24. The third-order valence-corrected chi connectivity index (χ3v) is 3.25. The van der Waals surface area contributed by atoms with Crippen LogP contribution in [0.3, 0.4) is 0 Å². The van der Waals surface area contributed by atoms with Crippen molar-refractivity contribution < 1.29 is 9.53 Å². The second kappa shape index (κ2) is 4.65. The molecule has 5 heteroatoms. The third-order valence-electron chi connectivity index (χ3n) is 3.25. The zero-order valence-corrected chi connectivity index (χ0v) is 9.43. The summed E-state index contributed by atoms with van der Waals surface area (Å²) in [5.41, 5.74) is 5.66. The summed E-state index contributed by atoms with van der Waals surface area (Å²) in [6, 6.07) is 0.289. The van der Waals surface area contributed by atoms with Crippen molar-refractivity contribution in [2.45, 2.75) is 25.8 Å².